The van der Waals surface area contributed by atoms with Gasteiger partial charge in [-0.2, -0.15) is 0 Å². The molecule has 0 radical (unpaired) electrons. The molecule has 5 nitrogen and oxygen atoms in total. The minimum atomic E-state index is -0.341. The van der Waals surface area contributed by atoms with Gasteiger partial charge in [0.25, 0.3) is 0 Å². The molecule has 1 N–H and O–H groups in total. The van der Waals surface area contributed by atoms with E-state index in [2.05, 4.69) is 15.3 Å². The van der Waals surface area contributed by atoms with Crippen molar-refractivity contribution in [1.29, 1.82) is 0 Å². The number of rotatable bonds is 5. The van der Waals surface area contributed by atoms with Crippen LogP contribution in [0.3, 0.4) is 0 Å². The maximum atomic E-state index is 12.7. The molecule has 6 heteroatoms. The van der Waals surface area contributed by atoms with Gasteiger partial charge in [0.05, 0.1) is 5.39 Å². The summed E-state index contributed by atoms with van der Waals surface area (Å²) in [6.07, 6.45) is 1.51. The van der Waals surface area contributed by atoms with Gasteiger partial charge >= 0.3 is 5.97 Å². The van der Waals surface area contributed by atoms with E-state index in [-0.39, 0.29) is 12.6 Å². The molecule has 28 heavy (non-hydrogen) atoms. The first-order chi connectivity index (χ1) is 13.6. The Morgan fingerprint density at radius 1 is 1.04 bits per heavy atom. The average Bonchev–Trinajstić information content (AvgIpc) is 3.06. The van der Waals surface area contributed by atoms with Gasteiger partial charge < -0.3 is 10.1 Å². The Morgan fingerprint density at radius 3 is 2.57 bits per heavy atom. The summed E-state index contributed by atoms with van der Waals surface area (Å²) in [5.74, 6) is 0.348. The summed E-state index contributed by atoms with van der Waals surface area (Å²) in [5, 5.41) is 4.22. The maximum absolute atomic E-state index is 12.7. The number of hydrogen-bond acceptors (Lipinski definition) is 6. The van der Waals surface area contributed by atoms with Gasteiger partial charge in [-0.05, 0) is 36.6 Å². The van der Waals surface area contributed by atoms with E-state index in [0.29, 0.717) is 10.7 Å². The quantitative estimate of drug-likeness (QED) is 0.463. The predicted octanol–water partition coefficient (Wildman–Crippen LogP) is 5.41. The molecule has 140 valence electrons. The number of carbonyl (C=O) groups is 1. The van der Waals surface area contributed by atoms with Gasteiger partial charge in [0.15, 0.2) is 0 Å². The Balaban J connectivity index is 1.63. The van der Waals surface area contributed by atoms with Crippen LogP contribution in [0.5, 0.6) is 0 Å². The molecular formula is C22H19N3O2S. The number of aromatic nitrogens is 2. The van der Waals surface area contributed by atoms with Crippen LogP contribution in [0.2, 0.25) is 0 Å². The monoisotopic (exact) mass is 389 g/mol. The third-order valence-corrected chi connectivity index (χ3v) is 5.70. The molecular weight excluding hydrogens is 370 g/mol. The number of benzene rings is 2. The number of esters is 1. The summed E-state index contributed by atoms with van der Waals surface area (Å²) < 4.78 is 5.50. The molecule has 0 aliphatic heterocycles. The predicted molar refractivity (Wildman–Crippen MR) is 112 cm³/mol. The average molecular weight is 389 g/mol. The topological polar surface area (TPSA) is 64.1 Å². The molecule has 0 amide bonds. The van der Waals surface area contributed by atoms with E-state index in [9.17, 15) is 4.79 Å². The van der Waals surface area contributed by atoms with Crippen molar-refractivity contribution in [3.63, 3.8) is 0 Å². The van der Waals surface area contributed by atoms with Crippen LogP contribution in [0.25, 0.3) is 10.2 Å². The normalized spacial score (nSPS) is 10.8. The van der Waals surface area contributed by atoms with Crippen LogP contribution in [0, 0.1) is 13.8 Å². The van der Waals surface area contributed by atoms with Crippen molar-refractivity contribution < 1.29 is 9.53 Å². The van der Waals surface area contributed by atoms with Gasteiger partial charge in [-0.25, -0.2) is 14.8 Å². The van der Waals surface area contributed by atoms with E-state index in [0.717, 1.165) is 32.6 Å². The summed E-state index contributed by atoms with van der Waals surface area (Å²) >= 11 is 1.33. The minimum Gasteiger partial charge on any atom is -0.457 e. The van der Waals surface area contributed by atoms with E-state index < -0.39 is 0 Å². The Labute approximate surface area is 167 Å². The second-order valence-corrected chi connectivity index (χ2v) is 7.46. The van der Waals surface area contributed by atoms with Crippen molar-refractivity contribution >= 4 is 39.0 Å². The standard InChI is InChI=1S/C22H19N3O2S/c1-14-8-6-7-11-17(14)25-20-18-15(2)19(28-21(18)24-13-23-20)22(26)27-12-16-9-4-3-5-10-16/h3-11,13H,12H2,1-2H3,(H,23,24,25). The molecule has 0 saturated heterocycles. The second-order valence-electron chi connectivity index (χ2n) is 6.46. The van der Waals surface area contributed by atoms with Crippen LogP contribution < -0.4 is 5.32 Å². The molecule has 2 aromatic carbocycles. The smallest absolute Gasteiger partial charge is 0.349 e. The van der Waals surface area contributed by atoms with Gasteiger partial charge in [0.2, 0.25) is 0 Å². The number of thiophene rings is 1. The fourth-order valence-electron chi connectivity index (χ4n) is 2.99. The molecule has 4 aromatic rings. The minimum absolute atomic E-state index is 0.243. The largest absolute Gasteiger partial charge is 0.457 e. The Bertz CT molecular complexity index is 1140. The number of carbonyl (C=O) groups excluding carboxylic acids is 1. The van der Waals surface area contributed by atoms with E-state index in [1.54, 1.807) is 0 Å². The lowest BCUT2D eigenvalue weighted by Crippen LogP contribution is -2.04. The lowest BCUT2D eigenvalue weighted by Gasteiger charge is -2.09. The lowest BCUT2D eigenvalue weighted by atomic mass is 10.1. The first-order valence-corrected chi connectivity index (χ1v) is 9.73. The van der Waals surface area contributed by atoms with E-state index in [1.165, 1.54) is 17.7 Å². The summed E-state index contributed by atoms with van der Waals surface area (Å²) in [5.41, 5.74) is 3.87. The fourth-order valence-corrected chi connectivity index (χ4v) is 4.03. The molecule has 0 bridgehead atoms. The summed E-state index contributed by atoms with van der Waals surface area (Å²) in [6.45, 7) is 4.19. The van der Waals surface area contributed by atoms with E-state index >= 15 is 0 Å². The van der Waals surface area contributed by atoms with Gasteiger partial charge in [0.1, 0.15) is 28.5 Å². The molecule has 0 fully saturated rings. The van der Waals surface area contributed by atoms with Crippen LogP contribution in [-0.2, 0) is 11.3 Å². The molecule has 0 saturated carbocycles. The highest BCUT2D eigenvalue weighted by atomic mass is 32.1. The van der Waals surface area contributed by atoms with E-state index in [4.69, 9.17) is 4.74 Å². The van der Waals surface area contributed by atoms with Crippen molar-refractivity contribution in [2.75, 3.05) is 5.32 Å². The highest BCUT2D eigenvalue weighted by molar-refractivity contribution is 7.20. The fraction of sp³-hybridized carbons (Fsp3) is 0.136. The van der Waals surface area contributed by atoms with Crippen molar-refractivity contribution in [1.82, 2.24) is 9.97 Å². The summed E-state index contributed by atoms with van der Waals surface area (Å²) in [7, 11) is 0. The Morgan fingerprint density at radius 2 is 1.79 bits per heavy atom. The Kier molecular flexibility index (Phi) is 5.04. The Hall–Kier alpha value is -3.25. The molecule has 0 aliphatic carbocycles. The number of aryl methyl sites for hydroxylation is 2. The zero-order valence-electron chi connectivity index (χ0n) is 15.6. The van der Waals surface area contributed by atoms with Crippen molar-refractivity contribution in [3.05, 3.63) is 82.5 Å². The number of nitrogens with zero attached hydrogens (tertiary/aromatic N) is 2. The molecule has 2 aromatic heterocycles. The molecule has 0 spiro atoms. The van der Waals surface area contributed by atoms with Crippen LogP contribution >= 0.6 is 11.3 Å². The zero-order valence-corrected chi connectivity index (χ0v) is 16.4. The lowest BCUT2D eigenvalue weighted by molar-refractivity contribution is 0.0478. The molecule has 2 heterocycles. The molecule has 4 rings (SSSR count). The zero-order chi connectivity index (χ0) is 19.5. The van der Waals surface area contributed by atoms with E-state index in [1.807, 2.05) is 68.4 Å². The van der Waals surface area contributed by atoms with Crippen molar-refractivity contribution in [2.24, 2.45) is 0 Å². The number of hydrogen-bond donors (Lipinski definition) is 1. The van der Waals surface area contributed by atoms with Gasteiger partial charge in [-0.3, -0.25) is 0 Å². The number of fused-ring (bicyclic) bond motifs is 1. The van der Waals surface area contributed by atoms with Gasteiger partial charge in [0, 0.05) is 5.69 Å². The SMILES string of the molecule is Cc1ccccc1Nc1ncnc2sc(C(=O)OCc3ccccc3)c(C)c12. The number of nitrogens with one attached hydrogen (secondary N) is 1. The first kappa shape index (κ1) is 18.1. The second kappa shape index (κ2) is 7.78. The highest BCUT2D eigenvalue weighted by Gasteiger charge is 2.20. The number of para-hydroxylation sites is 1. The summed E-state index contributed by atoms with van der Waals surface area (Å²) in [4.78, 5) is 22.7. The number of ether oxygens (including phenoxy) is 1. The van der Waals surface area contributed by atoms with Crippen LogP contribution in [0.15, 0.2) is 60.9 Å². The van der Waals surface area contributed by atoms with Crippen LogP contribution in [0.4, 0.5) is 11.5 Å². The summed E-state index contributed by atoms with van der Waals surface area (Å²) in [6, 6.07) is 17.6. The highest BCUT2D eigenvalue weighted by Crippen LogP contribution is 2.35. The third-order valence-electron chi connectivity index (χ3n) is 4.52. The molecule has 0 aliphatic rings. The maximum Gasteiger partial charge on any atom is 0.349 e. The van der Waals surface area contributed by atoms with Crippen molar-refractivity contribution in [2.45, 2.75) is 20.5 Å². The third kappa shape index (κ3) is 3.59. The first-order valence-electron chi connectivity index (χ1n) is 8.91. The number of anilines is 2. The van der Waals surface area contributed by atoms with Crippen LogP contribution in [-0.4, -0.2) is 15.9 Å². The molecule has 0 atom stereocenters. The van der Waals surface area contributed by atoms with Crippen LogP contribution in [0.1, 0.15) is 26.4 Å². The van der Waals surface area contributed by atoms with Crippen molar-refractivity contribution in [3.8, 4) is 0 Å². The van der Waals surface area contributed by atoms with Gasteiger partial charge in [-0.1, -0.05) is 48.5 Å². The van der Waals surface area contributed by atoms with Gasteiger partial charge in [-0.15, -0.1) is 11.3 Å². The molecule has 0 unspecified atom stereocenters.